The number of ether oxygens (including phenoxy) is 1. The summed E-state index contributed by atoms with van der Waals surface area (Å²) in [6, 6.07) is 4.28. The van der Waals surface area contributed by atoms with Gasteiger partial charge in [0.15, 0.2) is 5.69 Å². The van der Waals surface area contributed by atoms with E-state index in [-0.39, 0.29) is 11.9 Å². The van der Waals surface area contributed by atoms with E-state index >= 15 is 0 Å². The van der Waals surface area contributed by atoms with Crippen LogP contribution in [0.25, 0.3) is 5.65 Å². The number of pyridine rings is 1. The first kappa shape index (κ1) is 21.7. The van der Waals surface area contributed by atoms with Crippen molar-refractivity contribution in [1.29, 1.82) is 0 Å². The largest absolute Gasteiger partial charge is 0.390 e. The maximum Gasteiger partial charge on any atom is 0.274 e. The minimum atomic E-state index is -0.628. The topological polar surface area (TPSA) is 79.1 Å². The number of rotatable bonds is 8. The van der Waals surface area contributed by atoms with Crippen LogP contribution in [0.15, 0.2) is 18.3 Å². The van der Waals surface area contributed by atoms with E-state index in [0.717, 1.165) is 36.2 Å². The Balaban J connectivity index is 1.76. The number of nitrogens with one attached hydrogen (secondary N) is 1. The van der Waals surface area contributed by atoms with E-state index < -0.39 is 5.60 Å². The molecule has 1 atom stereocenters. The Morgan fingerprint density at radius 2 is 2.10 bits per heavy atom. The van der Waals surface area contributed by atoms with Crippen molar-refractivity contribution in [3.63, 3.8) is 0 Å². The van der Waals surface area contributed by atoms with E-state index in [9.17, 15) is 9.90 Å². The van der Waals surface area contributed by atoms with Crippen LogP contribution in [0.3, 0.4) is 0 Å². The van der Waals surface area contributed by atoms with Crippen molar-refractivity contribution in [1.82, 2.24) is 19.6 Å². The lowest BCUT2D eigenvalue weighted by Gasteiger charge is -2.26. The van der Waals surface area contributed by atoms with Crippen molar-refractivity contribution in [2.24, 2.45) is 0 Å². The molecule has 1 unspecified atom stereocenters. The van der Waals surface area contributed by atoms with Gasteiger partial charge in [0.2, 0.25) is 0 Å². The van der Waals surface area contributed by atoms with Crippen LogP contribution < -0.4 is 5.32 Å². The minimum Gasteiger partial charge on any atom is -0.390 e. The molecular formula is C22H34N4O3. The summed E-state index contributed by atoms with van der Waals surface area (Å²) in [5, 5.41) is 13.4. The van der Waals surface area contributed by atoms with Gasteiger partial charge in [-0.3, -0.25) is 4.79 Å². The molecule has 3 rings (SSSR count). The first-order valence-electron chi connectivity index (χ1n) is 10.6. The summed E-state index contributed by atoms with van der Waals surface area (Å²) in [5.74, 6) is -0.0251. The number of amides is 1. The number of fused-ring (bicyclic) bond motifs is 1. The van der Waals surface area contributed by atoms with Gasteiger partial charge in [0.1, 0.15) is 5.65 Å². The molecule has 1 saturated heterocycles. The number of aromatic nitrogens is 2. The number of aliphatic hydroxyl groups is 1. The number of imidazole rings is 1. The first-order chi connectivity index (χ1) is 13.8. The highest BCUT2D eigenvalue weighted by Gasteiger charge is 2.26. The Kier molecular flexibility index (Phi) is 6.93. The van der Waals surface area contributed by atoms with E-state index in [0.29, 0.717) is 38.5 Å². The van der Waals surface area contributed by atoms with Crippen LogP contribution in [0, 0.1) is 6.92 Å². The Hall–Kier alpha value is -1.96. The summed E-state index contributed by atoms with van der Waals surface area (Å²) in [6.45, 7) is 10.8. The summed E-state index contributed by atoms with van der Waals surface area (Å²) < 4.78 is 7.41. The molecule has 0 spiro atoms. The Bertz CT molecular complexity index is 834. The van der Waals surface area contributed by atoms with Crippen LogP contribution in [0.1, 0.15) is 61.8 Å². The number of hydrogen-bond acceptors (Lipinski definition) is 5. The van der Waals surface area contributed by atoms with Gasteiger partial charge >= 0.3 is 0 Å². The minimum absolute atomic E-state index is 0.0251. The fourth-order valence-electron chi connectivity index (χ4n) is 3.72. The highest BCUT2D eigenvalue weighted by Crippen LogP contribution is 2.19. The van der Waals surface area contributed by atoms with Gasteiger partial charge in [0, 0.05) is 31.9 Å². The zero-order valence-electron chi connectivity index (χ0n) is 18.1. The number of morpholine rings is 1. The number of hydrogen-bond donors (Lipinski definition) is 2. The maximum atomic E-state index is 13.2. The predicted molar refractivity (Wildman–Crippen MR) is 113 cm³/mol. The quantitative estimate of drug-likeness (QED) is 0.709. The molecule has 0 aromatic carbocycles. The van der Waals surface area contributed by atoms with Crippen molar-refractivity contribution in [2.45, 2.75) is 65.1 Å². The third kappa shape index (κ3) is 5.56. The molecule has 0 saturated carbocycles. The van der Waals surface area contributed by atoms with Gasteiger partial charge in [-0.1, -0.05) is 6.07 Å². The molecule has 2 N–H and O–H groups in total. The fourth-order valence-corrected chi connectivity index (χ4v) is 3.72. The first-order valence-corrected chi connectivity index (χ1v) is 10.6. The second-order valence-corrected chi connectivity index (χ2v) is 8.68. The highest BCUT2D eigenvalue weighted by molar-refractivity contribution is 5.94. The molecule has 1 aliphatic rings. The van der Waals surface area contributed by atoms with Crippen molar-refractivity contribution >= 4 is 11.6 Å². The predicted octanol–water partition coefficient (Wildman–Crippen LogP) is 2.53. The average molecular weight is 403 g/mol. The normalized spacial score (nSPS) is 16.4. The molecule has 160 valence electrons. The fraction of sp³-hybridized carbons (Fsp3) is 0.636. The summed E-state index contributed by atoms with van der Waals surface area (Å²) in [5.41, 5.74) is 2.67. The Morgan fingerprint density at radius 1 is 1.38 bits per heavy atom. The Labute approximate surface area is 173 Å². The van der Waals surface area contributed by atoms with Gasteiger partial charge in [-0.2, -0.15) is 0 Å². The molecule has 1 fully saturated rings. The van der Waals surface area contributed by atoms with Crippen LogP contribution >= 0.6 is 0 Å². The van der Waals surface area contributed by atoms with Gasteiger partial charge in [-0.25, -0.2) is 4.98 Å². The molecule has 3 heterocycles. The molecule has 1 amide bonds. The van der Waals surface area contributed by atoms with Gasteiger partial charge in [0.05, 0.1) is 24.5 Å². The lowest BCUT2D eigenvalue weighted by atomic mass is 10.00. The number of carbonyl (C=O) groups is 1. The summed E-state index contributed by atoms with van der Waals surface area (Å²) >= 11 is 0. The van der Waals surface area contributed by atoms with Gasteiger partial charge < -0.3 is 24.5 Å². The van der Waals surface area contributed by atoms with E-state index in [4.69, 9.17) is 9.72 Å². The van der Waals surface area contributed by atoms with Crippen molar-refractivity contribution < 1.29 is 14.6 Å². The standard InChI is InChI=1S/C22H34N4O3/c1-16-7-6-10-26-18(15-23-17(2)8-5-9-22(3,4)28)19(24-20(16)26)21(27)25-11-13-29-14-12-25/h6-7,10,17,23,28H,5,8-9,11-15H2,1-4H3. The van der Waals surface area contributed by atoms with Crippen molar-refractivity contribution in [3.8, 4) is 0 Å². The zero-order chi connectivity index (χ0) is 21.0. The summed E-state index contributed by atoms with van der Waals surface area (Å²) in [6.07, 6.45) is 4.66. The van der Waals surface area contributed by atoms with Gasteiger partial charge in [0.25, 0.3) is 5.91 Å². The number of nitrogens with zero attached hydrogens (tertiary/aromatic N) is 3. The molecule has 2 aromatic heterocycles. The number of carbonyl (C=O) groups excluding carboxylic acids is 1. The van der Waals surface area contributed by atoms with E-state index in [1.165, 1.54) is 0 Å². The molecule has 29 heavy (non-hydrogen) atoms. The third-order valence-corrected chi connectivity index (χ3v) is 5.49. The molecule has 2 aromatic rings. The second kappa shape index (κ2) is 9.24. The molecule has 7 heteroatoms. The SMILES string of the molecule is Cc1cccn2c(CNC(C)CCCC(C)(C)O)c(C(=O)N3CCOCC3)nc12. The lowest BCUT2D eigenvalue weighted by Crippen LogP contribution is -2.41. The van der Waals surface area contributed by atoms with Gasteiger partial charge in [-0.05, 0) is 58.6 Å². The van der Waals surface area contributed by atoms with Crippen LogP contribution in [-0.2, 0) is 11.3 Å². The third-order valence-electron chi connectivity index (χ3n) is 5.49. The summed E-state index contributed by atoms with van der Waals surface area (Å²) in [7, 11) is 0. The van der Waals surface area contributed by atoms with Crippen LogP contribution in [0.4, 0.5) is 0 Å². The second-order valence-electron chi connectivity index (χ2n) is 8.68. The maximum absolute atomic E-state index is 13.2. The smallest absolute Gasteiger partial charge is 0.274 e. The van der Waals surface area contributed by atoms with Crippen molar-refractivity contribution in [2.75, 3.05) is 26.3 Å². The van der Waals surface area contributed by atoms with E-state index in [2.05, 4.69) is 12.2 Å². The lowest BCUT2D eigenvalue weighted by molar-refractivity contribution is 0.0298. The van der Waals surface area contributed by atoms with Crippen LogP contribution in [0.2, 0.25) is 0 Å². The molecule has 0 aliphatic carbocycles. The average Bonchev–Trinajstić information content (AvgIpc) is 3.05. The Morgan fingerprint density at radius 3 is 2.79 bits per heavy atom. The van der Waals surface area contributed by atoms with E-state index in [1.54, 1.807) is 0 Å². The summed E-state index contributed by atoms with van der Waals surface area (Å²) in [4.78, 5) is 19.7. The van der Waals surface area contributed by atoms with E-state index in [1.807, 2.05) is 48.4 Å². The molecule has 0 bridgehead atoms. The van der Waals surface area contributed by atoms with Gasteiger partial charge in [-0.15, -0.1) is 0 Å². The molecular weight excluding hydrogens is 368 g/mol. The molecule has 7 nitrogen and oxygen atoms in total. The highest BCUT2D eigenvalue weighted by atomic mass is 16.5. The molecule has 1 aliphatic heterocycles. The van der Waals surface area contributed by atoms with Crippen LogP contribution in [0.5, 0.6) is 0 Å². The molecule has 0 radical (unpaired) electrons. The zero-order valence-corrected chi connectivity index (χ0v) is 18.1. The number of aryl methyl sites for hydroxylation is 1. The monoisotopic (exact) mass is 402 g/mol. The van der Waals surface area contributed by atoms with Crippen LogP contribution in [-0.4, -0.2) is 63.2 Å². The van der Waals surface area contributed by atoms with Crippen molar-refractivity contribution in [3.05, 3.63) is 35.3 Å².